The topological polar surface area (TPSA) is 38.8 Å². The fraction of sp³-hybridized carbons (Fsp3) is 0.438. The molecule has 4 nitrogen and oxygen atoms in total. The number of alkyl halides is 1. The molecule has 1 aromatic rings. The SMILES string of the molecule is C=c1c(OC)cc(C)c2c1=CC(Cl)N2C(=O)OC(C)(C)C. The lowest BCUT2D eigenvalue weighted by atomic mass is 10.1. The maximum absolute atomic E-state index is 12.4. The standard InChI is InChI=1S/C16H20ClNO3/c1-9-7-12(20-6)10(2)11-8-13(17)18(14(9)11)15(19)21-16(3,4)5/h7-8,13H,2H2,1,3-6H3. The highest BCUT2D eigenvalue weighted by molar-refractivity contribution is 6.28. The van der Waals surface area contributed by atoms with Crippen LogP contribution in [0.2, 0.25) is 0 Å². The molecule has 2 rings (SSSR count). The average Bonchev–Trinajstić information content (AvgIpc) is 2.70. The highest BCUT2D eigenvalue weighted by Gasteiger charge is 2.33. The zero-order chi connectivity index (χ0) is 15.9. The monoisotopic (exact) mass is 309 g/mol. The third kappa shape index (κ3) is 2.86. The molecule has 1 unspecified atom stereocenters. The maximum atomic E-state index is 12.4. The van der Waals surface area contributed by atoms with Crippen LogP contribution in [0.4, 0.5) is 10.5 Å². The molecule has 1 aromatic carbocycles. The Bertz CT molecular complexity index is 691. The van der Waals surface area contributed by atoms with E-state index < -0.39 is 17.2 Å². The molecule has 0 saturated carbocycles. The van der Waals surface area contributed by atoms with Gasteiger partial charge < -0.3 is 9.47 Å². The number of hydrogen-bond donors (Lipinski definition) is 0. The number of ether oxygens (including phenoxy) is 2. The first-order chi connectivity index (χ1) is 9.65. The maximum Gasteiger partial charge on any atom is 0.416 e. The number of carbonyl (C=O) groups excluding carboxylic acids is 1. The van der Waals surface area contributed by atoms with Crippen LogP contribution in [0.3, 0.4) is 0 Å². The van der Waals surface area contributed by atoms with Gasteiger partial charge in [-0.25, -0.2) is 4.79 Å². The molecule has 0 aliphatic carbocycles. The Morgan fingerprint density at radius 2 is 2.05 bits per heavy atom. The van der Waals surface area contributed by atoms with Gasteiger partial charge >= 0.3 is 6.09 Å². The summed E-state index contributed by atoms with van der Waals surface area (Å²) in [6.07, 6.45) is 1.32. The van der Waals surface area contributed by atoms with Crippen LogP contribution in [0, 0.1) is 6.92 Å². The fourth-order valence-corrected chi connectivity index (χ4v) is 2.66. The highest BCUT2D eigenvalue weighted by Crippen LogP contribution is 2.28. The van der Waals surface area contributed by atoms with E-state index in [-0.39, 0.29) is 0 Å². The first-order valence-corrected chi connectivity index (χ1v) is 7.14. The summed E-state index contributed by atoms with van der Waals surface area (Å²) in [6, 6.07) is 1.85. The van der Waals surface area contributed by atoms with Crippen molar-refractivity contribution in [2.24, 2.45) is 0 Å². The van der Waals surface area contributed by atoms with Crippen molar-refractivity contribution in [2.45, 2.75) is 38.8 Å². The second-order valence-electron chi connectivity index (χ2n) is 6.03. The largest absolute Gasteiger partial charge is 0.496 e. The van der Waals surface area contributed by atoms with Crippen molar-refractivity contribution >= 4 is 36.0 Å². The molecule has 0 N–H and O–H groups in total. The van der Waals surface area contributed by atoms with Crippen molar-refractivity contribution in [2.75, 3.05) is 12.0 Å². The van der Waals surface area contributed by atoms with Crippen molar-refractivity contribution in [1.29, 1.82) is 0 Å². The normalized spacial score (nSPS) is 17.2. The van der Waals surface area contributed by atoms with Gasteiger partial charge in [-0.1, -0.05) is 18.2 Å². The number of amides is 1. The minimum absolute atomic E-state index is 0.467. The van der Waals surface area contributed by atoms with Crippen LogP contribution in [0.5, 0.6) is 5.75 Å². The van der Waals surface area contributed by atoms with Crippen molar-refractivity contribution in [3.05, 3.63) is 22.1 Å². The number of hydrogen-bond acceptors (Lipinski definition) is 3. The van der Waals surface area contributed by atoms with Crippen LogP contribution in [0.25, 0.3) is 12.7 Å². The Balaban J connectivity index is 2.53. The van der Waals surface area contributed by atoms with Gasteiger partial charge in [0.25, 0.3) is 0 Å². The summed E-state index contributed by atoms with van der Waals surface area (Å²) in [5.41, 5.74) is 0.445. The van der Waals surface area contributed by atoms with E-state index in [0.29, 0.717) is 5.75 Å². The van der Waals surface area contributed by atoms with Crippen LogP contribution >= 0.6 is 11.6 Å². The molecule has 1 aliphatic rings. The van der Waals surface area contributed by atoms with Crippen molar-refractivity contribution < 1.29 is 14.3 Å². The first-order valence-electron chi connectivity index (χ1n) is 6.70. The van der Waals surface area contributed by atoms with Gasteiger partial charge in [-0.3, -0.25) is 4.90 Å². The molecule has 0 bridgehead atoms. The molecule has 1 amide bonds. The molecule has 1 aliphatic heterocycles. The lowest BCUT2D eigenvalue weighted by Crippen LogP contribution is -2.40. The van der Waals surface area contributed by atoms with Gasteiger partial charge in [0.2, 0.25) is 0 Å². The van der Waals surface area contributed by atoms with E-state index in [1.807, 2.05) is 33.8 Å². The van der Waals surface area contributed by atoms with E-state index in [2.05, 4.69) is 6.58 Å². The van der Waals surface area contributed by atoms with E-state index in [9.17, 15) is 4.79 Å². The number of fused-ring (bicyclic) bond motifs is 1. The molecule has 0 saturated heterocycles. The third-order valence-electron chi connectivity index (χ3n) is 3.20. The highest BCUT2D eigenvalue weighted by atomic mass is 35.5. The van der Waals surface area contributed by atoms with Gasteiger partial charge in [-0.15, -0.1) is 0 Å². The van der Waals surface area contributed by atoms with Gasteiger partial charge in [-0.05, 0) is 45.4 Å². The molecule has 0 spiro atoms. The number of rotatable bonds is 1. The Morgan fingerprint density at radius 1 is 1.43 bits per heavy atom. The van der Waals surface area contributed by atoms with Crippen LogP contribution in [0.1, 0.15) is 26.3 Å². The van der Waals surface area contributed by atoms with E-state index in [4.69, 9.17) is 21.1 Å². The van der Waals surface area contributed by atoms with Crippen LogP contribution < -0.4 is 20.1 Å². The van der Waals surface area contributed by atoms with E-state index >= 15 is 0 Å². The molecule has 1 heterocycles. The Kier molecular flexibility index (Phi) is 3.93. The number of anilines is 1. The average molecular weight is 310 g/mol. The second-order valence-corrected chi connectivity index (χ2v) is 6.47. The summed E-state index contributed by atoms with van der Waals surface area (Å²) in [4.78, 5) is 13.8. The lowest BCUT2D eigenvalue weighted by Gasteiger charge is -2.27. The smallest absolute Gasteiger partial charge is 0.416 e. The zero-order valence-corrected chi connectivity index (χ0v) is 13.7. The summed E-state index contributed by atoms with van der Waals surface area (Å²) >= 11 is 6.31. The molecule has 5 heteroatoms. The van der Waals surface area contributed by atoms with Crippen molar-refractivity contribution in [3.63, 3.8) is 0 Å². The minimum Gasteiger partial charge on any atom is -0.496 e. The van der Waals surface area contributed by atoms with Gasteiger partial charge in [-0.2, -0.15) is 0 Å². The predicted molar refractivity (Wildman–Crippen MR) is 85.3 cm³/mol. The van der Waals surface area contributed by atoms with Gasteiger partial charge in [0.1, 0.15) is 16.9 Å². The van der Waals surface area contributed by atoms with Crippen LogP contribution in [-0.4, -0.2) is 24.3 Å². The van der Waals surface area contributed by atoms with Crippen molar-refractivity contribution in [3.8, 4) is 5.75 Å². The third-order valence-corrected chi connectivity index (χ3v) is 3.52. The first kappa shape index (κ1) is 15.7. The van der Waals surface area contributed by atoms with Crippen LogP contribution in [0.15, 0.2) is 6.07 Å². The van der Waals surface area contributed by atoms with Crippen molar-refractivity contribution in [1.82, 2.24) is 0 Å². The summed E-state index contributed by atoms with van der Waals surface area (Å²) in [7, 11) is 1.59. The number of benzene rings is 1. The molecule has 0 aromatic heterocycles. The van der Waals surface area contributed by atoms with Gasteiger partial charge in [0.15, 0.2) is 0 Å². The predicted octanol–water partition coefficient (Wildman–Crippen LogP) is 2.51. The zero-order valence-electron chi connectivity index (χ0n) is 13.0. The Morgan fingerprint density at radius 3 is 2.57 bits per heavy atom. The molecular weight excluding hydrogens is 290 g/mol. The Hall–Kier alpha value is -1.68. The fourth-order valence-electron chi connectivity index (χ4n) is 2.36. The molecular formula is C16H20ClNO3. The Labute approximate surface area is 129 Å². The second kappa shape index (κ2) is 5.26. The minimum atomic E-state index is -0.596. The lowest BCUT2D eigenvalue weighted by molar-refractivity contribution is 0.0582. The number of nitrogens with zero attached hydrogens (tertiary/aromatic N) is 1. The van der Waals surface area contributed by atoms with Gasteiger partial charge in [0, 0.05) is 10.4 Å². The summed E-state index contributed by atoms with van der Waals surface area (Å²) in [5, 5.41) is 1.53. The van der Waals surface area contributed by atoms with E-state index in [1.54, 1.807) is 13.2 Å². The summed E-state index contributed by atoms with van der Waals surface area (Å²) in [5.74, 6) is 0.678. The number of halogens is 1. The number of methoxy groups -OCH3 is 1. The van der Waals surface area contributed by atoms with E-state index in [1.165, 1.54) is 4.90 Å². The molecule has 21 heavy (non-hydrogen) atoms. The van der Waals surface area contributed by atoms with Gasteiger partial charge in [0.05, 0.1) is 12.8 Å². The quantitative estimate of drug-likeness (QED) is 0.591. The van der Waals surface area contributed by atoms with Crippen LogP contribution in [-0.2, 0) is 4.74 Å². The molecule has 1 atom stereocenters. The number of aryl methyl sites for hydroxylation is 1. The molecule has 0 radical (unpaired) electrons. The molecule has 114 valence electrons. The molecule has 0 fully saturated rings. The summed E-state index contributed by atoms with van der Waals surface area (Å²) < 4.78 is 10.7. The summed E-state index contributed by atoms with van der Waals surface area (Å²) in [6.45, 7) is 11.4. The van der Waals surface area contributed by atoms with E-state index in [0.717, 1.165) is 21.7 Å². The number of carbonyl (C=O) groups is 1.